The zero-order valence-electron chi connectivity index (χ0n) is 13.3. The first-order valence-electron chi connectivity index (χ1n) is 8.19. The highest BCUT2D eigenvalue weighted by Gasteiger charge is 2.22. The number of rotatable bonds is 6. The standard InChI is InChI=1S/C17H24N4O.HI/c18-17(19-10-2-5-16(22)20-14-8-9-14)21-15-7-6-12-3-1-4-13(12)11-15;/h6-7,11,14H,1-5,8-10H2,(H,20,22)(H3,18,19,21);1H. The van der Waals surface area contributed by atoms with E-state index < -0.39 is 0 Å². The molecule has 2 aliphatic carbocycles. The van der Waals surface area contributed by atoms with Gasteiger partial charge in [0.25, 0.3) is 0 Å². The normalized spacial score (nSPS) is 16.4. The average molecular weight is 428 g/mol. The zero-order chi connectivity index (χ0) is 15.4. The van der Waals surface area contributed by atoms with Crippen molar-refractivity contribution in [3.05, 3.63) is 29.3 Å². The van der Waals surface area contributed by atoms with Crippen LogP contribution in [0, 0.1) is 0 Å². The van der Waals surface area contributed by atoms with Crippen LogP contribution in [-0.2, 0) is 17.6 Å². The van der Waals surface area contributed by atoms with E-state index in [4.69, 9.17) is 5.73 Å². The second-order valence-corrected chi connectivity index (χ2v) is 6.17. The van der Waals surface area contributed by atoms with Gasteiger partial charge in [0.1, 0.15) is 0 Å². The van der Waals surface area contributed by atoms with Crippen molar-refractivity contribution in [2.45, 2.75) is 51.0 Å². The summed E-state index contributed by atoms with van der Waals surface area (Å²) < 4.78 is 0. The van der Waals surface area contributed by atoms with Gasteiger partial charge in [-0.1, -0.05) is 6.07 Å². The lowest BCUT2D eigenvalue weighted by molar-refractivity contribution is -0.121. The molecule has 0 aliphatic heterocycles. The third-order valence-corrected chi connectivity index (χ3v) is 4.16. The lowest BCUT2D eigenvalue weighted by Crippen LogP contribution is -2.25. The minimum atomic E-state index is 0. The van der Waals surface area contributed by atoms with Gasteiger partial charge >= 0.3 is 0 Å². The van der Waals surface area contributed by atoms with E-state index in [0.29, 0.717) is 25.0 Å². The average Bonchev–Trinajstić information content (AvgIpc) is 3.17. The van der Waals surface area contributed by atoms with E-state index in [1.54, 1.807) is 0 Å². The van der Waals surface area contributed by atoms with Crippen molar-refractivity contribution in [1.29, 1.82) is 0 Å². The number of guanidine groups is 1. The smallest absolute Gasteiger partial charge is 0.220 e. The number of nitrogens with two attached hydrogens (primary N) is 1. The van der Waals surface area contributed by atoms with E-state index in [9.17, 15) is 4.79 Å². The van der Waals surface area contributed by atoms with Gasteiger partial charge in [0.2, 0.25) is 5.91 Å². The molecule has 2 aliphatic rings. The second-order valence-electron chi connectivity index (χ2n) is 6.17. The highest BCUT2D eigenvalue weighted by atomic mass is 127. The van der Waals surface area contributed by atoms with Crippen molar-refractivity contribution in [3.8, 4) is 0 Å². The van der Waals surface area contributed by atoms with Gasteiger partial charge in [-0.25, -0.2) is 0 Å². The van der Waals surface area contributed by atoms with E-state index >= 15 is 0 Å². The van der Waals surface area contributed by atoms with Gasteiger partial charge in [-0.3, -0.25) is 9.79 Å². The Bertz CT molecular complexity index is 584. The number of hydrogen-bond acceptors (Lipinski definition) is 2. The quantitative estimate of drug-likeness (QED) is 0.282. The summed E-state index contributed by atoms with van der Waals surface area (Å²) in [5, 5.41) is 6.10. The van der Waals surface area contributed by atoms with Gasteiger partial charge in [0, 0.05) is 24.7 Å². The number of benzene rings is 1. The molecule has 1 fully saturated rings. The van der Waals surface area contributed by atoms with Gasteiger partial charge < -0.3 is 16.4 Å². The number of nitrogens with one attached hydrogen (secondary N) is 2. The van der Waals surface area contributed by atoms with E-state index in [1.807, 2.05) is 0 Å². The number of nitrogens with zero attached hydrogens (tertiary/aromatic N) is 1. The van der Waals surface area contributed by atoms with Crippen LogP contribution in [-0.4, -0.2) is 24.5 Å². The van der Waals surface area contributed by atoms with E-state index in [2.05, 4.69) is 33.8 Å². The van der Waals surface area contributed by atoms with Crippen molar-refractivity contribution in [2.75, 3.05) is 11.9 Å². The third-order valence-electron chi connectivity index (χ3n) is 4.16. The van der Waals surface area contributed by atoms with Crippen LogP contribution in [0.1, 0.15) is 43.2 Å². The number of carbonyl (C=O) groups is 1. The molecule has 5 nitrogen and oxygen atoms in total. The fraction of sp³-hybridized carbons (Fsp3) is 0.529. The van der Waals surface area contributed by atoms with Crippen LogP contribution in [0.5, 0.6) is 0 Å². The second kappa shape index (κ2) is 8.52. The Hall–Kier alpha value is -1.31. The van der Waals surface area contributed by atoms with E-state index in [0.717, 1.165) is 31.4 Å². The molecule has 126 valence electrons. The molecule has 1 aromatic carbocycles. The summed E-state index contributed by atoms with van der Waals surface area (Å²) in [6, 6.07) is 6.81. The van der Waals surface area contributed by atoms with Crippen LogP contribution in [0.15, 0.2) is 23.2 Å². The maximum atomic E-state index is 11.5. The van der Waals surface area contributed by atoms with Crippen LogP contribution in [0.25, 0.3) is 0 Å². The maximum Gasteiger partial charge on any atom is 0.220 e. The molecule has 0 spiro atoms. The van der Waals surface area contributed by atoms with Crippen molar-refractivity contribution in [3.63, 3.8) is 0 Å². The first-order chi connectivity index (χ1) is 10.7. The fourth-order valence-electron chi connectivity index (χ4n) is 2.80. The number of fused-ring (bicyclic) bond motifs is 1. The summed E-state index contributed by atoms with van der Waals surface area (Å²) in [7, 11) is 0. The molecule has 1 aromatic rings. The first-order valence-corrected chi connectivity index (χ1v) is 8.19. The molecular weight excluding hydrogens is 403 g/mol. The van der Waals surface area contributed by atoms with Crippen LogP contribution >= 0.6 is 24.0 Å². The Kier molecular flexibility index (Phi) is 6.68. The zero-order valence-corrected chi connectivity index (χ0v) is 15.6. The molecule has 1 amide bonds. The number of carbonyl (C=O) groups excluding carboxylic acids is 1. The van der Waals surface area contributed by atoms with Crippen molar-refractivity contribution < 1.29 is 4.79 Å². The predicted octanol–water partition coefficient (Wildman–Crippen LogP) is 2.58. The summed E-state index contributed by atoms with van der Waals surface area (Å²) in [6.45, 7) is 0.571. The molecule has 0 radical (unpaired) electrons. The Morgan fingerprint density at radius 1 is 1.26 bits per heavy atom. The van der Waals surface area contributed by atoms with Gasteiger partial charge in [-0.2, -0.15) is 0 Å². The molecule has 0 unspecified atom stereocenters. The summed E-state index contributed by atoms with van der Waals surface area (Å²) in [4.78, 5) is 15.8. The molecule has 6 heteroatoms. The summed E-state index contributed by atoms with van der Waals surface area (Å²) in [6.07, 6.45) is 7.08. The molecule has 4 N–H and O–H groups in total. The third kappa shape index (κ3) is 5.67. The molecule has 0 atom stereocenters. The van der Waals surface area contributed by atoms with E-state index in [-0.39, 0.29) is 29.9 Å². The molecule has 0 aromatic heterocycles. The van der Waals surface area contributed by atoms with Crippen molar-refractivity contribution in [2.24, 2.45) is 10.7 Å². The Morgan fingerprint density at radius 3 is 2.83 bits per heavy atom. The van der Waals surface area contributed by atoms with Crippen LogP contribution in [0.3, 0.4) is 0 Å². The molecule has 23 heavy (non-hydrogen) atoms. The monoisotopic (exact) mass is 428 g/mol. The minimum Gasteiger partial charge on any atom is -0.370 e. The lowest BCUT2D eigenvalue weighted by Gasteiger charge is -2.08. The molecule has 0 bridgehead atoms. The van der Waals surface area contributed by atoms with E-state index in [1.165, 1.54) is 24.0 Å². The summed E-state index contributed by atoms with van der Waals surface area (Å²) in [5.74, 6) is 0.545. The number of halogens is 1. The predicted molar refractivity (Wildman–Crippen MR) is 104 cm³/mol. The fourth-order valence-corrected chi connectivity index (χ4v) is 2.80. The lowest BCUT2D eigenvalue weighted by atomic mass is 10.1. The highest BCUT2D eigenvalue weighted by Crippen LogP contribution is 2.24. The largest absolute Gasteiger partial charge is 0.370 e. The van der Waals surface area contributed by atoms with Crippen molar-refractivity contribution >= 4 is 41.5 Å². The van der Waals surface area contributed by atoms with Crippen LogP contribution in [0.4, 0.5) is 5.69 Å². The van der Waals surface area contributed by atoms with Gasteiger partial charge in [0.05, 0.1) is 0 Å². The highest BCUT2D eigenvalue weighted by molar-refractivity contribution is 14.0. The number of aryl methyl sites for hydroxylation is 2. The minimum absolute atomic E-state index is 0. The Balaban J connectivity index is 0.00000192. The van der Waals surface area contributed by atoms with Gasteiger partial charge in [0.15, 0.2) is 5.96 Å². The summed E-state index contributed by atoms with van der Waals surface area (Å²) in [5.41, 5.74) is 9.75. The first kappa shape index (κ1) is 18.0. The van der Waals surface area contributed by atoms with Gasteiger partial charge in [-0.05, 0) is 61.8 Å². The molecule has 3 rings (SSSR count). The number of aliphatic imine (C=N–C) groups is 1. The Labute approximate surface area is 154 Å². The Morgan fingerprint density at radius 2 is 2.04 bits per heavy atom. The molecule has 0 saturated heterocycles. The molecule has 0 heterocycles. The molecule has 1 saturated carbocycles. The maximum absolute atomic E-state index is 11.5. The number of amides is 1. The van der Waals surface area contributed by atoms with Crippen LogP contribution < -0.4 is 16.4 Å². The SMILES string of the molecule is I.NC(=NCCCC(=O)NC1CC1)Nc1ccc2c(c1)CCC2. The van der Waals surface area contributed by atoms with Crippen LogP contribution in [0.2, 0.25) is 0 Å². The number of anilines is 1. The van der Waals surface area contributed by atoms with Crippen molar-refractivity contribution in [1.82, 2.24) is 5.32 Å². The summed E-state index contributed by atoms with van der Waals surface area (Å²) >= 11 is 0. The topological polar surface area (TPSA) is 79.5 Å². The number of hydrogen-bond donors (Lipinski definition) is 3. The molecular formula is C17H25IN4O. The van der Waals surface area contributed by atoms with Gasteiger partial charge in [-0.15, -0.1) is 24.0 Å².